The number of rotatable bonds is 3. The number of carbonyl (C=O) groups is 1. The number of carbonyl (C=O) groups excluding carboxylic acids is 1. The van der Waals surface area contributed by atoms with E-state index in [1.54, 1.807) is 0 Å². The van der Waals surface area contributed by atoms with Gasteiger partial charge >= 0.3 is 0 Å². The van der Waals surface area contributed by atoms with E-state index >= 15 is 0 Å². The van der Waals surface area contributed by atoms with E-state index in [1.165, 1.54) is 10.9 Å². The summed E-state index contributed by atoms with van der Waals surface area (Å²) in [5.74, 6) is 1.40. The molecule has 1 fully saturated rings. The number of nitrogens with zero attached hydrogens (tertiary/aromatic N) is 4. The van der Waals surface area contributed by atoms with Crippen LogP contribution in [-0.2, 0) is 13.6 Å². The van der Waals surface area contributed by atoms with Crippen LogP contribution in [0, 0.1) is 5.92 Å². The number of likely N-dealkylation sites (tertiary alicyclic amines) is 1. The first-order chi connectivity index (χ1) is 15.0. The molecule has 2 aromatic carbocycles. The van der Waals surface area contributed by atoms with Crippen molar-refractivity contribution in [2.24, 2.45) is 18.7 Å². The summed E-state index contributed by atoms with van der Waals surface area (Å²) in [4.78, 5) is 19.9. The maximum atomic E-state index is 13.1. The SMILES string of the molecule is CCn1c(-c2nc3cc(C(=O)N4CC[C@@H](C)[C@@H](N)C4)ccc3n2C)cc2ccccc21. The van der Waals surface area contributed by atoms with Crippen LogP contribution in [0.15, 0.2) is 48.5 Å². The number of piperidine rings is 1. The molecule has 0 saturated carbocycles. The number of aromatic nitrogens is 3. The molecule has 3 heterocycles. The van der Waals surface area contributed by atoms with Crippen molar-refractivity contribution in [1.82, 2.24) is 19.0 Å². The predicted molar refractivity (Wildman–Crippen MR) is 125 cm³/mol. The third kappa shape index (κ3) is 3.22. The molecule has 0 unspecified atom stereocenters. The maximum Gasteiger partial charge on any atom is 0.253 e. The molecule has 2 atom stereocenters. The zero-order valence-electron chi connectivity index (χ0n) is 18.4. The van der Waals surface area contributed by atoms with Crippen molar-refractivity contribution in [2.45, 2.75) is 32.9 Å². The zero-order valence-corrected chi connectivity index (χ0v) is 18.4. The third-order valence-corrected chi connectivity index (χ3v) is 6.79. The molecule has 2 N–H and O–H groups in total. The molecule has 1 amide bonds. The number of imidazole rings is 1. The quantitative estimate of drug-likeness (QED) is 0.549. The summed E-state index contributed by atoms with van der Waals surface area (Å²) in [6.07, 6.45) is 0.949. The summed E-state index contributed by atoms with van der Waals surface area (Å²) in [5.41, 5.74) is 11.0. The van der Waals surface area contributed by atoms with E-state index in [0.717, 1.165) is 42.1 Å². The first-order valence-electron chi connectivity index (χ1n) is 11.1. The Morgan fingerprint density at radius 1 is 1.16 bits per heavy atom. The maximum absolute atomic E-state index is 13.1. The molecule has 4 aromatic rings. The molecule has 6 nitrogen and oxygen atoms in total. The molecule has 160 valence electrons. The van der Waals surface area contributed by atoms with E-state index in [0.29, 0.717) is 18.0 Å². The van der Waals surface area contributed by atoms with Crippen LogP contribution in [0.5, 0.6) is 0 Å². The highest BCUT2D eigenvalue weighted by Crippen LogP contribution is 2.30. The van der Waals surface area contributed by atoms with Crippen LogP contribution < -0.4 is 5.73 Å². The second-order valence-corrected chi connectivity index (χ2v) is 8.71. The van der Waals surface area contributed by atoms with Crippen molar-refractivity contribution < 1.29 is 4.79 Å². The molecular weight excluding hydrogens is 386 g/mol. The van der Waals surface area contributed by atoms with Crippen molar-refractivity contribution in [3.8, 4) is 11.5 Å². The Morgan fingerprint density at radius 2 is 1.97 bits per heavy atom. The van der Waals surface area contributed by atoms with Gasteiger partial charge in [0.05, 0.1) is 16.7 Å². The highest BCUT2D eigenvalue weighted by Gasteiger charge is 2.27. The lowest BCUT2D eigenvalue weighted by molar-refractivity contribution is 0.0672. The average Bonchev–Trinajstić information content (AvgIpc) is 3.32. The molecule has 0 spiro atoms. The van der Waals surface area contributed by atoms with Crippen LogP contribution in [0.4, 0.5) is 0 Å². The fourth-order valence-electron chi connectivity index (χ4n) is 4.76. The molecule has 31 heavy (non-hydrogen) atoms. The van der Waals surface area contributed by atoms with Gasteiger partial charge in [-0.1, -0.05) is 25.1 Å². The van der Waals surface area contributed by atoms with Crippen molar-refractivity contribution in [2.75, 3.05) is 13.1 Å². The van der Waals surface area contributed by atoms with E-state index in [2.05, 4.69) is 53.3 Å². The number of nitrogens with two attached hydrogens (primary N) is 1. The second kappa shape index (κ2) is 7.54. The topological polar surface area (TPSA) is 69.1 Å². The summed E-state index contributed by atoms with van der Waals surface area (Å²) in [6, 6.07) is 16.5. The summed E-state index contributed by atoms with van der Waals surface area (Å²) >= 11 is 0. The molecule has 5 rings (SSSR count). The number of aryl methyl sites for hydroxylation is 2. The fraction of sp³-hybridized carbons (Fsp3) is 0.360. The van der Waals surface area contributed by atoms with Crippen LogP contribution in [0.25, 0.3) is 33.5 Å². The minimum atomic E-state index is 0.0406. The Labute approximate surface area is 182 Å². The highest BCUT2D eigenvalue weighted by molar-refractivity contribution is 5.98. The standard InChI is InChI=1S/C25H29N5O/c1-4-30-21-8-6-5-7-17(21)14-23(30)24-27-20-13-18(9-10-22(20)28(24)3)25(31)29-12-11-16(2)19(26)15-29/h5-10,13-14,16,19H,4,11-12,15,26H2,1-3H3/t16-,19+/m1/s1. The fourth-order valence-corrected chi connectivity index (χ4v) is 4.76. The lowest BCUT2D eigenvalue weighted by atomic mass is 9.94. The number of hydrogen-bond donors (Lipinski definition) is 1. The largest absolute Gasteiger partial charge is 0.338 e. The van der Waals surface area contributed by atoms with Gasteiger partial charge in [-0.15, -0.1) is 0 Å². The van der Waals surface area contributed by atoms with Gasteiger partial charge in [0, 0.05) is 49.2 Å². The average molecular weight is 416 g/mol. The van der Waals surface area contributed by atoms with Gasteiger partial charge in [-0.3, -0.25) is 4.79 Å². The zero-order chi connectivity index (χ0) is 21.7. The van der Waals surface area contributed by atoms with Gasteiger partial charge in [-0.2, -0.15) is 0 Å². The molecular formula is C25H29N5O. The number of hydrogen-bond acceptors (Lipinski definition) is 3. The lowest BCUT2D eigenvalue weighted by Crippen LogP contribution is -2.49. The van der Waals surface area contributed by atoms with E-state index in [1.807, 2.05) is 30.1 Å². The van der Waals surface area contributed by atoms with Crippen LogP contribution in [0.2, 0.25) is 0 Å². The van der Waals surface area contributed by atoms with Crippen LogP contribution in [0.1, 0.15) is 30.6 Å². The molecule has 1 aliphatic rings. The number of amides is 1. The Kier molecular flexibility index (Phi) is 4.82. The number of benzene rings is 2. The smallest absolute Gasteiger partial charge is 0.253 e. The van der Waals surface area contributed by atoms with Crippen LogP contribution >= 0.6 is 0 Å². The van der Waals surface area contributed by atoms with Gasteiger partial charge < -0.3 is 19.8 Å². The van der Waals surface area contributed by atoms with Crippen molar-refractivity contribution >= 4 is 27.8 Å². The summed E-state index contributed by atoms with van der Waals surface area (Å²) in [7, 11) is 2.04. The first-order valence-corrected chi connectivity index (χ1v) is 11.1. The lowest BCUT2D eigenvalue weighted by Gasteiger charge is -2.35. The Hall–Kier alpha value is -3.12. The predicted octanol–water partition coefficient (Wildman–Crippen LogP) is 4.02. The number of fused-ring (bicyclic) bond motifs is 2. The first kappa shape index (κ1) is 19.8. The Bertz CT molecular complexity index is 1280. The van der Waals surface area contributed by atoms with Crippen LogP contribution in [0.3, 0.4) is 0 Å². The van der Waals surface area contributed by atoms with E-state index < -0.39 is 0 Å². The van der Waals surface area contributed by atoms with E-state index in [9.17, 15) is 4.79 Å². The third-order valence-electron chi connectivity index (χ3n) is 6.79. The van der Waals surface area contributed by atoms with Crippen molar-refractivity contribution in [3.05, 3.63) is 54.1 Å². The highest BCUT2D eigenvalue weighted by atomic mass is 16.2. The molecule has 1 saturated heterocycles. The Morgan fingerprint density at radius 3 is 2.74 bits per heavy atom. The molecule has 0 bridgehead atoms. The number of para-hydroxylation sites is 1. The van der Waals surface area contributed by atoms with Crippen molar-refractivity contribution in [1.29, 1.82) is 0 Å². The van der Waals surface area contributed by atoms with Gasteiger partial charge in [0.25, 0.3) is 5.91 Å². The van der Waals surface area contributed by atoms with E-state index in [4.69, 9.17) is 10.7 Å². The minimum Gasteiger partial charge on any atom is -0.338 e. The summed E-state index contributed by atoms with van der Waals surface area (Å²) < 4.78 is 4.40. The normalized spacial score (nSPS) is 19.4. The van der Waals surface area contributed by atoms with Gasteiger partial charge in [0.1, 0.15) is 0 Å². The molecule has 2 aromatic heterocycles. The van der Waals surface area contributed by atoms with Gasteiger partial charge in [0.15, 0.2) is 5.82 Å². The van der Waals surface area contributed by atoms with Crippen LogP contribution in [-0.4, -0.2) is 44.1 Å². The summed E-state index contributed by atoms with van der Waals surface area (Å²) in [5, 5.41) is 1.21. The van der Waals surface area contributed by atoms with Gasteiger partial charge in [0.2, 0.25) is 0 Å². The molecule has 0 aliphatic carbocycles. The molecule has 1 aliphatic heterocycles. The van der Waals surface area contributed by atoms with E-state index in [-0.39, 0.29) is 11.9 Å². The van der Waals surface area contributed by atoms with Gasteiger partial charge in [-0.25, -0.2) is 4.98 Å². The Balaban J connectivity index is 1.54. The minimum absolute atomic E-state index is 0.0406. The monoisotopic (exact) mass is 415 g/mol. The van der Waals surface area contributed by atoms with Gasteiger partial charge in [-0.05, 0) is 49.6 Å². The summed E-state index contributed by atoms with van der Waals surface area (Å²) in [6.45, 7) is 6.55. The van der Waals surface area contributed by atoms with Crippen molar-refractivity contribution in [3.63, 3.8) is 0 Å². The molecule has 0 radical (unpaired) electrons. The second-order valence-electron chi connectivity index (χ2n) is 8.71. The molecule has 6 heteroatoms.